The average molecular weight is 218 g/mol. The number of rotatable bonds is 6. The molecule has 0 heterocycles. The molecular weight excluding hydrogens is 200 g/mol. The van der Waals surface area contributed by atoms with Crippen LogP contribution in [-0.4, -0.2) is 26.9 Å². The van der Waals surface area contributed by atoms with Crippen molar-refractivity contribution in [3.63, 3.8) is 0 Å². The zero-order chi connectivity index (χ0) is 11.4. The molecule has 0 bridgehead atoms. The van der Waals surface area contributed by atoms with Crippen molar-refractivity contribution in [1.29, 1.82) is 0 Å². The summed E-state index contributed by atoms with van der Waals surface area (Å²) in [5.74, 6) is -0.739. The number of aliphatic carboxylic acids is 1. The summed E-state index contributed by atoms with van der Waals surface area (Å²) in [6.45, 7) is 7.19. The molecule has 0 saturated carbocycles. The van der Waals surface area contributed by atoms with E-state index < -0.39 is 16.0 Å². The molecule has 3 nitrogen and oxygen atoms in total. The Morgan fingerprint density at radius 2 is 1.86 bits per heavy atom. The molecular formula is C10H18O3S. The van der Waals surface area contributed by atoms with E-state index in [0.717, 1.165) is 0 Å². The number of carboxylic acids is 1. The van der Waals surface area contributed by atoms with E-state index in [-0.39, 0.29) is 5.78 Å². The largest absolute Gasteiger partial charge is 0.480 e. The van der Waals surface area contributed by atoms with Gasteiger partial charge in [-0.3, -0.25) is 9.59 Å². The Balaban J connectivity index is 4.47. The first kappa shape index (κ1) is 13.5. The maximum Gasteiger partial charge on any atom is 0.316 e. The summed E-state index contributed by atoms with van der Waals surface area (Å²) >= 11 is 1.24. The second kappa shape index (κ2) is 5.39. The summed E-state index contributed by atoms with van der Waals surface area (Å²) in [6.07, 6.45) is 0.997. The average Bonchev–Trinajstić information content (AvgIpc) is 2.12. The van der Waals surface area contributed by atoms with E-state index in [0.29, 0.717) is 12.8 Å². The zero-order valence-electron chi connectivity index (χ0n) is 9.16. The lowest BCUT2D eigenvalue weighted by atomic mass is 10.1. The second-order valence-corrected chi connectivity index (χ2v) is 5.47. The number of thioether (sulfide) groups is 1. The number of Topliss-reactive ketones (excluding diaryl/α,β-unsaturated/α-hetero) is 1. The van der Waals surface area contributed by atoms with Gasteiger partial charge in [0.15, 0.2) is 0 Å². The van der Waals surface area contributed by atoms with Gasteiger partial charge in [0.1, 0.15) is 11.0 Å². The fraction of sp³-hybridized carbons (Fsp3) is 0.800. The summed E-state index contributed by atoms with van der Waals surface area (Å²) < 4.78 is -0.589. The molecule has 1 N–H and O–H groups in total. The minimum atomic E-state index is -0.838. The summed E-state index contributed by atoms with van der Waals surface area (Å²) in [4.78, 5) is 22.3. The van der Waals surface area contributed by atoms with E-state index in [1.165, 1.54) is 11.8 Å². The SMILES string of the molecule is CCC(=O)C(C)(C)SC(CC)C(=O)O. The van der Waals surface area contributed by atoms with Gasteiger partial charge in [-0.15, -0.1) is 11.8 Å². The molecule has 82 valence electrons. The predicted octanol–water partition coefficient (Wildman–Crippen LogP) is 2.34. The van der Waals surface area contributed by atoms with Crippen molar-refractivity contribution in [2.45, 2.75) is 50.5 Å². The van der Waals surface area contributed by atoms with Gasteiger partial charge in [-0.1, -0.05) is 13.8 Å². The Kier molecular flexibility index (Phi) is 5.19. The van der Waals surface area contributed by atoms with Gasteiger partial charge in [-0.25, -0.2) is 0 Å². The topological polar surface area (TPSA) is 54.4 Å². The predicted molar refractivity (Wildman–Crippen MR) is 58.7 cm³/mol. The highest BCUT2D eigenvalue weighted by molar-refractivity contribution is 8.02. The van der Waals surface area contributed by atoms with Crippen molar-refractivity contribution in [3.8, 4) is 0 Å². The maximum atomic E-state index is 11.5. The highest BCUT2D eigenvalue weighted by atomic mass is 32.2. The molecule has 0 fully saturated rings. The zero-order valence-corrected chi connectivity index (χ0v) is 9.98. The summed E-state index contributed by atoms with van der Waals surface area (Å²) in [5.41, 5.74) is 0. The standard InChI is InChI=1S/C10H18O3S/c1-5-7(9(12)13)14-10(3,4)8(11)6-2/h7H,5-6H2,1-4H3,(H,12,13). The third-order valence-electron chi connectivity index (χ3n) is 2.08. The molecule has 0 aliphatic heterocycles. The lowest BCUT2D eigenvalue weighted by Gasteiger charge is -2.25. The van der Waals surface area contributed by atoms with Crippen LogP contribution in [0, 0.1) is 0 Å². The summed E-state index contributed by atoms with van der Waals surface area (Å²) in [5, 5.41) is 8.37. The van der Waals surface area contributed by atoms with Crippen molar-refractivity contribution in [3.05, 3.63) is 0 Å². The molecule has 1 unspecified atom stereocenters. The molecule has 0 saturated heterocycles. The van der Waals surface area contributed by atoms with Crippen LogP contribution < -0.4 is 0 Å². The molecule has 0 amide bonds. The van der Waals surface area contributed by atoms with Crippen LogP contribution in [0.15, 0.2) is 0 Å². The van der Waals surface area contributed by atoms with Gasteiger partial charge in [-0.05, 0) is 20.3 Å². The van der Waals surface area contributed by atoms with E-state index in [1.54, 1.807) is 20.8 Å². The van der Waals surface area contributed by atoms with Crippen molar-refractivity contribution in [2.75, 3.05) is 0 Å². The molecule has 0 aromatic heterocycles. The lowest BCUT2D eigenvalue weighted by molar-refractivity contribution is -0.136. The minimum absolute atomic E-state index is 0.0993. The fourth-order valence-corrected chi connectivity index (χ4v) is 2.41. The van der Waals surface area contributed by atoms with E-state index in [1.807, 2.05) is 6.92 Å². The van der Waals surface area contributed by atoms with Gasteiger partial charge < -0.3 is 5.11 Å². The third kappa shape index (κ3) is 3.70. The first-order valence-corrected chi connectivity index (χ1v) is 5.67. The number of ketones is 1. The Morgan fingerprint density at radius 3 is 2.14 bits per heavy atom. The molecule has 14 heavy (non-hydrogen) atoms. The molecule has 0 radical (unpaired) electrons. The van der Waals surface area contributed by atoms with E-state index in [4.69, 9.17) is 5.11 Å². The molecule has 4 heteroatoms. The second-order valence-electron chi connectivity index (χ2n) is 3.64. The molecule has 0 aromatic rings. The minimum Gasteiger partial charge on any atom is -0.480 e. The van der Waals surface area contributed by atoms with Crippen LogP contribution in [0.5, 0.6) is 0 Å². The lowest BCUT2D eigenvalue weighted by Crippen LogP contribution is -2.32. The quantitative estimate of drug-likeness (QED) is 0.743. The van der Waals surface area contributed by atoms with Crippen LogP contribution in [0.25, 0.3) is 0 Å². The first-order chi connectivity index (χ1) is 6.35. The van der Waals surface area contributed by atoms with Crippen LogP contribution in [0.1, 0.15) is 40.5 Å². The molecule has 0 aromatic carbocycles. The van der Waals surface area contributed by atoms with E-state index in [9.17, 15) is 9.59 Å². The molecule has 0 aliphatic carbocycles. The van der Waals surface area contributed by atoms with Crippen LogP contribution in [0.2, 0.25) is 0 Å². The van der Waals surface area contributed by atoms with E-state index in [2.05, 4.69) is 0 Å². The number of carboxylic acid groups (broad SMARTS) is 1. The fourth-order valence-electron chi connectivity index (χ4n) is 1.16. The van der Waals surface area contributed by atoms with Gasteiger partial charge >= 0.3 is 5.97 Å². The van der Waals surface area contributed by atoms with Gasteiger partial charge in [0.05, 0.1) is 4.75 Å². The third-order valence-corrected chi connectivity index (χ3v) is 3.71. The highest BCUT2D eigenvalue weighted by Crippen LogP contribution is 2.32. The smallest absolute Gasteiger partial charge is 0.316 e. The van der Waals surface area contributed by atoms with Crippen molar-refractivity contribution in [1.82, 2.24) is 0 Å². The number of carbonyl (C=O) groups is 2. The monoisotopic (exact) mass is 218 g/mol. The number of carbonyl (C=O) groups excluding carboxylic acids is 1. The molecule has 0 spiro atoms. The van der Waals surface area contributed by atoms with Crippen LogP contribution in [0.3, 0.4) is 0 Å². The van der Waals surface area contributed by atoms with Crippen LogP contribution in [0.4, 0.5) is 0 Å². The summed E-state index contributed by atoms with van der Waals surface area (Å²) in [7, 11) is 0. The van der Waals surface area contributed by atoms with Crippen LogP contribution >= 0.6 is 11.8 Å². The van der Waals surface area contributed by atoms with Crippen molar-refractivity contribution in [2.24, 2.45) is 0 Å². The van der Waals surface area contributed by atoms with Crippen LogP contribution in [-0.2, 0) is 9.59 Å². The van der Waals surface area contributed by atoms with Gasteiger partial charge in [-0.2, -0.15) is 0 Å². The Hall–Kier alpha value is -0.510. The van der Waals surface area contributed by atoms with Gasteiger partial charge in [0.2, 0.25) is 0 Å². The number of hydrogen-bond donors (Lipinski definition) is 1. The van der Waals surface area contributed by atoms with Gasteiger partial charge in [0, 0.05) is 6.42 Å². The van der Waals surface area contributed by atoms with Gasteiger partial charge in [0.25, 0.3) is 0 Å². The summed E-state index contributed by atoms with van der Waals surface area (Å²) in [6, 6.07) is 0. The molecule has 0 rings (SSSR count). The van der Waals surface area contributed by atoms with Crippen molar-refractivity contribution >= 4 is 23.5 Å². The van der Waals surface area contributed by atoms with E-state index >= 15 is 0 Å². The number of hydrogen-bond acceptors (Lipinski definition) is 3. The first-order valence-electron chi connectivity index (χ1n) is 4.79. The molecule has 1 atom stereocenters. The normalized spacial score (nSPS) is 13.7. The Labute approximate surface area is 89.3 Å². The molecule has 0 aliphatic rings. The highest BCUT2D eigenvalue weighted by Gasteiger charge is 2.32. The van der Waals surface area contributed by atoms with Crippen molar-refractivity contribution < 1.29 is 14.7 Å². The maximum absolute atomic E-state index is 11.5. The Morgan fingerprint density at radius 1 is 1.36 bits per heavy atom. The Bertz CT molecular complexity index is 223.